The smallest absolute Gasteiger partial charge is 0.252 e. The highest BCUT2D eigenvalue weighted by Gasteiger charge is 2.48. The fourth-order valence-corrected chi connectivity index (χ4v) is 15.4. The SMILES string of the molecule is c1ccc(N2c3ccccc3B3c4cc5c(cc4N(c4ccccc4)c4cc(-n6c7ccccc7c7ccccc76)cc2c43)B2c3ccccc3N(c3ccccc3)c3cc(-n4c6ccccc6c6ccccc64)cc(c32)N5c2ccccc2)cc1. The van der Waals surface area contributed by atoms with Crippen molar-refractivity contribution in [2.24, 2.45) is 0 Å². The fourth-order valence-electron chi connectivity index (χ4n) is 15.4. The minimum Gasteiger partial charge on any atom is -0.311 e. The highest BCUT2D eigenvalue weighted by atomic mass is 15.2. The summed E-state index contributed by atoms with van der Waals surface area (Å²) in [5.74, 6) is 0. The first kappa shape index (κ1) is 47.3. The van der Waals surface area contributed by atoms with Gasteiger partial charge in [-0.15, -0.1) is 0 Å². The van der Waals surface area contributed by atoms with Crippen molar-refractivity contribution in [3.8, 4) is 11.4 Å². The molecule has 2 aromatic heterocycles. The van der Waals surface area contributed by atoms with Crippen LogP contribution in [0.2, 0.25) is 0 Å². The molecule has 4 aliphatic rings. The third-order valence-corrected chi connectivity index (χ3v) is 18.8. The zero-order chi connectivity index (χ0) is 56.1. The fraction of sp³-hybridized carbons (Fsp3) is 0. The van der Waals surface area contributed by atoms with E-state index in [1.54, 1.807) is 0 Å². The highest BCUT2D eigenvalue weighted by Crippen LogP contribution is 2.50. The largest absolute Gasteiger partial charge is 0.311 e. The molecule has 0 atom stereocenters. The number of hydrogen-bond acceptors (Lipinski definition) is 4. The van der Waals surface area contributed by atoms with E-state index in [9.17, 15) is 0 Å². The summed E-state index contributed by atoms with van der Waals surface area (Å²) in [5.41, 5.74) is 28.2. The number of nitrogens with zero attached hydrogens (tertiary/aromatic N) is 6. The van der Waals surface area contributed by atoms with Gasteiger partial charge in [0.05, 0.1) is 33.4 Å². The Hall–Kier alpha value is -11.2. The van der Waals surface area contributed by atoms with Crippen molar-refractivity contribution >= 4 is 158 Å². The van der Waals surface area contributed by atoms with Gasteiger partial charge in [0.25, 0.3) is 13.4 Å². The molecule has 19 rings (SSSR count). The summed E-state index contributed by atoms with van der Waals surface area (Å²) in [6.45, 7) is -0.288. The lowest BCUT2D eigenvalue weighted by molar-refractivity contribution is 1.16. The molecule has 6 heterocycles. The van der Waals surface area contributed by atoms with Gasteiger partial charge in [0.1, 0.15) is 0 Å². The molecule has 0 saturated carbocycles. The minimum absolute atomic E-state index is 0.144. The van der Waals surface area contributed by atoms with Crippen LogP contribution in [0.5, 0.6) is 0 Å². The standard InChI is InChI=1S/C78H50B2N6/c1-5-25-51(26-6-1)81-69-43-23-17-37-61(69)79-63-49-72-64(50-71(63)83(53-29-9-3-10-30-53)75-47-55(45-73(81)77(75)79)85-65-39-19-13-33-57(65)58-34-14-20-40-66(58)85)80-62-38-18-24-44-70(62)82(52-27-7-2-8-28-52)74-46-56(48-76(78(74)80)84(72)54-31-11-4-12-32-54)86-67-41-21-15-35-59(67)60-36-16-22-42-68(60)86/h1-50H. The van der Waals surface area contributed by atoms with Gasteiger partial charge >= 0.3 is 0 Å². The van der Waals surface area contributed by atoms with Gasteiger partial charge in [-0.05, 0) is 154 Å². The number of anilines is 12. The van der Waals surface area contributed by atoms with Crippen LogP contribution in [0.4, 0.5) is 68.2 Å². The van der Waals surface area contributed by atoms with E-state index < -0.39 is 0 Å². The number of fused-ring (bicyclic) bond motifs is 14. The van der Waals surface area contributed by atoms with Crippen LogP contribution in [0.15, 0.2) is 303 Å². The van der Waals surface area contributed by atoms with Crippen molar-refractivity contribution in [1.82, 2.24) is 9.13 Å². The quantitative estimate of drug-likeness (QED) is 0.155. The first-order valence-corrected chi connectivity index (χ1v) is 29.8. The summed E-state index contributed by atoms with van der Waals surface area (Å²) in [5, 5.41) is 4.94. The topological polar surface area (TPSA) is 22.8 Å². The van der Waals surface area contributed by atoms with E-state index in [1.165, 1.54) is 99.1 Å². The number of para-hydroxylation sites is 10. The van der Waals surface area contributed by atoms with Crippen molar-refractivity contribution in [1.29, 1.82) is 0 Å². The maximum atomic E-state index is 2.60. The first-order valence-electron chi connectivity index (χ1n) is 29.8. The maximum absolute atomic E-state index is 2.60. The third-order valence-electron chi connectivity index (χ3n) is 18.8. The lowest BCUT2D eigenvalue weighted by Gasteiger charge is -2.47. The molecular formula is C78H50B2N6. The molecule has 0 fully saturated rings. The Balaban J connectivity index is 0.949. The Bertz CT molecular complexity index is 4850. The number of aromatic nitrogens is 2. The molecule has 0 amide bonds. The van der Waals surface area contributed by atoms with Crippen LogP contribution in [-0.4, -0.2) is 22.6 Å². The highest BCUT2D eigenvalue weighted by molar-refractivity contribution is 7.02. The number of benzene rings is 13. The van der Waals surface area contributed by atoms with Crippen molar-refractivity contribution in [2.45, 2.75) is 0 Å². The zero-order valence-electron chi connectivity index (χ0n) is 46.7. The van der Waals surface area contributed by atoms with E-state index >= 15 is 0 Å². The second-order valence-corrected chi connectivity index (χ2v) is 23.2. The van der Waals surface area contributed by atoms with Crippen LogP contribution < -0.4 is 52.4 Å². The molecule has 0 bridgehead atoms. The summed E-state index contributed by atoms with van der Waals surface area (Å²) in [6, 6.07) is 113. The second kappa shape index (κ2) is 18.1. The van der Waals surface area contributed by atoms with Crippen LogP contribution in [-0.2, 0) is 0 Å². The molecule has 8 heteroatoms. The van der Waals surface area contributed by atoms with E-state index in [2.05, 4.69) is 332 Å². The molecule has 6 nitrogen and oxygen atoms in total. The Morgan fingerprint density at radius 1 is 0.186 bits per heavy atom. The molecule has 13 aromatic carbocycles. The molecule has 86 heavy (non-hydrogen) atoms. The zero-order valence-corrected chi connectivity index (χ0v) is 46.7. The molecule has 4 aliphatic heterocycles. The Morgan fingerprint density at radius 3 is 0.756 bits per heavy atom. The van der Waals surface area contributed by atoms with Crippen molar-refractivity contribution in [3.05, 3.63) is 303 Å². The van der Waals surface area contributed by atoms with E-state index in [1.807, 2.05) is 0 Å². The molecule has 0 N–H and O–H groups in total. The molecule has 0 spiro atoms. The molecular weight excluding hydrogens is 1040 g/mol. The number of rotatable bonds is 6. The first-order chi connectivity index (χ1) is 42.7. The van der Waals surface area contributed by atoms with Crippen LogP contribution in [0, 0.1) is 0 Å². The molecule has 0 aliphatic carbocycles. The van der Waals surface area contributed by atoms with E-state index in [-0.39, 0.29) is 13.4 Å². The van der Waals surface area contributed by atoms with Gasteiger partial charge in [0.2, 0.25) is 0 Å². The Kier molecular flexibility index (Phi) is 9.98. The molecule has 0 unspecified atom stereocenters. The maximum Gasteiger partial charge on any atom is 0.252 e. The van der Waals surface area contributed by atoms with Gasteiger partial charge in [-0.1, -0.05) is 182 Å². The van der Waals surface area contributed by atoms with Gasteiger partial charge < -0.3 is 28.7 Å². The summed E-state index contributed by atoms with van der Waals surface area (Å²) in [4.78, 5) is 10.2. The van der Waals surface area contributed by atoms with Gasteiger partial charge in [-0.2, -0.15) is 0 Å². The minimum atomic E-state index is -0.144. The number of hydrogen-bond donors (Lipinski definition) is 0. The predicted octanol–water partition coefficient (Wildman–Crippen LogP) is 16.0. The van der Waals surface area contributed by atoms with Crippen molar-refractivity contribution in [3.63, 3.8) is 0 Å². The Morgan fingerprint density at radius 2 is 0.442 bits per heavy atom. The lowest BCUT2D eigenvalue weighted by Crippen LogP contribution is -2.64. The van der Waals surface area contributed by atoms with Crippen LogP contribution >= 0.6 is 0 Å². The van der Waals surface area contributed by atoms with Crippen LogP contribution in [0.25, 0.3) is 55.0 Å². The van der Waals surface area contributed by atoms with Crippen LogP contribution in [0.1, 0.15) is 0 Å². The van der Waals surface area contributed by atoms with E-state index in [4.69, 9.17) is 0 Å². The molecule has 15 aromatic rings. The van der Waals surface area contributed by atoms with Gasteiger partial charge in [0.15, 0.2) is 0 Å². The second-order valence-electron chi connectivity index (χ2n) is 23.2. The average molecular weight is 1090 g/mol. The van der Waals surface area contributed by atoms with Gasteiger partial charge in [-0.25, -0.2) is 0 Å². The summed E-state index contributed by atoms with van der Waals surface area (Å²) < 4.78 is 4.99. The predicted molar refractivity (Wildman–Crippen MR) is 363 cm³/mol. The third kappa shape index (κ3) is 6.58. The molecule has 398 valence electrons. The van der Waals surface area contributed by atoms with Crippen LogP contribution in [0.3, 0.4) is 0 Å². The molecule has 0 saturated heterocycles. The van der Waals surface area contributed by atoms with E-state index in [0.29, 0.717) is 0 Å². The van der Waals surface area contributed by atoms with Gasteiger partial charge in [-0.3, -0.25) is 0 Å². The average Bonchev–Trinajstić information content (AvgIpc) is 0.819. The summed E-state index contributed by atoms with van der Waals surface area (Å²) in [7, 11) is 0. The molecule has 0 radical (unpaired) electrons. The van der Waals surface area contributed by atoms with Crippen molar-refractivity contribution < 1.29 is 0 Å². The lowest BCUT2D eigenvalue weighted by atomic mass is 9.31. The van der Waals surface area contributed by atoms with Gasteiger partial charge in [0, 0.05) is 89.8 Å². The van der Waals surface area contributed by atoms with Crippen molar-refractivity contribution in [2.75, 3.05) is 19.6 Å². The monoisotopic (exact) mass is 1090 g/mol. The van der Waals surface area contributed by atoms with E-state index in [0.717, 1.165) is 56.9 Å². The summed E-state index contributed by atoms with van der Waals surface area (Å²) >= 11 is 0. The summed E-state index contributed by atoms with van der Waals surface area (Å²) in [6.07, 6.45) is 0. The normalized spacial score (nSPS) is 13.4. The Labute approximate surface area is 498 Å².